The van der Waals surface area contributed by atoms with Crippen molar-refractivity contribution in [1.29, 1.82) is 0 Å². The number of aliphatic hydroxyl groups is 1. The Kier molecular flexibility index (Phi) is 4.88. The average Bonchev–Trinajstić information content (AvgIpc) is 2.60. The molecule has 2 aromatic carbocycles. The summed E-state index contributed by atoms with van der Waals surface area (Å²) in [5.41, 5.74) is -3.57. The molecule has 0 spiro atoms. The predicted molar refractivity (Wildman–Crippen MR) is 90.8 cm³/mol. The summed E-state index contributed by atoms with van der Waals surface area (Å²) in [6.45, 7) is 1.73. The average molecular weight is 396 g/mol. The van der Waals surface area contributed by atoms with Crippen molar-refractivity contribution in [2.24, 2.45) is 5.92 Å². The second-order valence-electron chi connectivity index (χ2n) is 6.57. The normalized spacial score (nSPS) is 25.0. The van der Waals surface area contributed by atoms with Gasteiger partial charge in [0, 0.05) is 11.1 Å². The van der Waals surface area contributed by atoms with Gasteiger partial charge in [-0.25, -0.2) is 9.18 Å². The summed E-state index contributed by atoms with van der Waals surface area (Å²) < 4.78 is 55.5. The number of hydrogen-bond acceptors (Lipinski definition) is 3. The summed E-state index contributed by atoms with van der Waals surface area (Å²) in [5.74, 6) is -4.27. The van der Waals surface area contributed by atoms with E-state index in [1.165, 1.54) is 41.7 Å². The van der Waals surface area contributed by atoms with Crippen LogP contribution < -0.4 is 10.6 Å². The molecule has 0 bridgehead atoms. The van der Waals surface area contributed by atoms with E-state index in [9.17, 15) is 32.3 Å². The minimum Gasteiger partial charge on any atom is -0.363 e. The maximum atomic E-state index is 14.3. The Hall–Kier alpha value is -2.94. The van der Waals surface area contributed by atoms with Crippen LogP contribution in [0.4, 0.5) is 22.4 Å². The Morgan fingerprint density at radius 2 is 1.71 bits per heavy atom. The molecule has 2 amide bonds. The standard InChI is InChI=1S/C19H16F4N2O3/c1-10-6-8-11(9-7-10)16(26)14-15(12-4-2-3-5-13(12)20)24-17(27)25-18(14,28)19(21,22)23/h2-9,14-15,28H,1H3,(H2,24,25,27)/t14-,15+,18-/m0/s1. The minimum atomic E-state index is -5.39. The molecule has 3 rings (SSSR count). The Balaban J connectivity index is 2.18. The highest BCUT2D eigenvalue weighted by Gasteiger charge is 2.66. The van der Waals surface area contributed by atoms with Crippen molar-refractivity contribution >= 4 is 11.8 Å². The van der Waals surface area contributed by atoms with Crippen LogP contribution in [-0.4, -0.2) is 28.8 Å². The molecule has 1 heterocycles. The number of alkyl halides is 3. The first-order chi connectivity index (χ1) is 13.0. The van der Waals surface area contributed by atoms with Gasteiger partial charge in [0.1, 0.15) is 11.7 Å². The summed E-state index contributed by atoms with van der Waals surface area (Å²) in [5, 5.41) is 13.9. The van der Waals surface area contributed by atoms with E-state index in [-0.39, 0.29) is 11.1 Å². The lowest BCUT2D eigenvalue weighted by atomic mass is 9.77. The molecule has 9 heteroatoms. The molecule has 1 saturated heterocycles. The monoisotopic (exact) mass is 396 g/mol. The number of carbonyl (C=O) groups excluding carboxylic acids is 2. The van der Waals surface area contributed by atoms with E-state index in [0.717, 1.165) is 17.7 Å². The number of hydrogen-bond donors (Lipinski definition) is 3. The zero-order valence-electron chi connectivity index (χ0n) is 14.5. The molecule has 1 aliphatic rings. The van der Waals surface area contributed by atoms with Gasteiger partial charge in [0.15, 0.2) is 5.78 Å². The Labute approximate surface area is 157 Å². The first kappa shape index (κ1) is 19.8. The molecule has 1 aliphatic heterocycles. The molecule has 2 aromatic rings. The van der Waals surface area contributed by atoms with E-state index < -0.39 is 41.5 Å². The first-order valence-electron chi connectivity index (χ1n) is 8.27. The number of benzene rings is 2. The second-order valence-corrected chi connectivity index (χ2v) is 6.57. The highest BCUT2D eigenvalue weighted by molar-refractivity contribution is 6.00. The van der Waals surface area contributed by atoms with Crippen molar-refractivity contribution in [2.45, 2.75) is 24.9 Å². The highest BCUT2D eigenvalue weighted by atomic mass is 19.4. The lowest BCUT2D eigenvalue weighted by Crippen LogP contribution is -2.72. The van der Waals surface area contributed by atoms with Crippen molar-refractivity contribution in [2.75, 3.05) is 0 Å². The van der Waals surface area contributed by atoms with E-state index >= 15 is 0 Å². The summed E-state index contributed by atoms with van der Waals surface area (Å²) in [7, 11) is 0. The molecule has 3 atom stereocenters. The number of urea groups is 1. The van der Waals surface area contributed by atoms with Gasteiger partial charge >= 0.3 is 12.2 Å². The van der Waals surface area contributed by atoms with E-state index in [0.29, 0.717) is 0 Å². The zero-order chi connectivity index (χ0) is 20.7. The van der Waals surface area contributed by atoms with Crippen LogP contribution in [0.2, 0.25) is 0 Å². The van der Waals surface area contributed by atoms with Gasteiger partial charge < -0.3 is 15.7 Å². The van der Waals surface area contributed by atoms with Crippen LogP contribution in [0.5, 0.6) is 0 Å². The molecule has 0 aliphatic carbocycles. The molecule has 0 unspecified atom stereocenters. The summed E-state index contributed by atoms with van der Waals surface area (Å²) >= 11 is 0. The number of aryl methyl sites for hydroxylation is 1. The van der Waals surface area contributed by atoms with E-state index in [1.54, 1.807) is 6.92 Å². The molecule has 3 N–H and O–H groups in total. The van der Waals surface area contributed by atoms with Gasteiger partial charge in [-0.05, 0) is 13.0 Å². The quantitative estimate of drug-likeness (QED) is 0.551. The van der Waals surface area contributed by atoms with Gasteiger partial charge in [-0.15, -0.1) is 0 Å². The Morgan fingerprint density at radius 3 is 2.29 bits per heavy atom. The van der Waals surface area contributed by atoms with Crippen LogP contribution in [-0.2, 0) is 0 Å². The maximum absolute atomic E-state index is 14.3. The van der Waals surface area contributed by atoms with Gasteiger partial charge in [0.2, 0.25) is 5.72 Å². The largest absolute Gasteiger partial charge is 0.437 e. The van der Waals surface area contributed by atoms with Crippen LogP contribution >= 0.6 is 0 Å². The van der Waals surface area contributed by atoms with Crippen LogP contribution in [0, 0.1) is 18.7 Å². The predicted octanol–water partition coefficient (Wildman–Crippen LogP) is 3.24. The number of Topliss-reactive ketones (excluding diaryl/α,β-unsaturated/α-hetero) is 1. The summed E-state index contributed by atoms with van der Waals surface area (Å²) in [6.07, 6.45) is -5.39. The number of nitrogens with one attached hydrogen (secondary N) is 2. The van der Waals surface area contributed by atoms with Crippen molar-refractivity contribution in [1.82, 2.24) is 10.6 Å². The van der Waals surface area contributed by atoms with Crippen LogP contribution in [0.25, 0.3) is 0 Å². The third-order valence-corrected chi connectivity index (χ3v) is 4.67. The fourth-order valence-corrected chi connectivity index (χ4v) is 3.22. The third kappa shape index (κ3) is 3.33. The highest BCUT2D eigenvalue weighted by Crippen LogP contribution is 2.44. The molecular weight excluding hydrogens is 380 g/mol. The van der Waals surface area contributed by atoms with Crippen molar-refractivity contribution in [3.63, 3.8) is 0 Å². The fraction of sp³-hybridized carbons (Fsp3) is 0.263. The van der Waals surface area contributed by atoms with E-state index in [2.05, 4.69) is 5.32 Å². The Bertz CT molecular complexity index is 914. The van der Waals surface area contributed by atoms with Crippen molar-refractivity contribution < 1.29 is 32.3 Å². The third-order valence-electron chi connectivity index (χ3n) is 4.67. The molecule has 0 radical (unpaired) electrons. The topological polar surface area (TPSA) is 78.4 Å². The van der Waals surface area contributed by atoms with Crippen molar-refractivity contribution in [3.05, 3.63) is 71.0 Å². The number of rotatable bonds is 3. The molecule has 0 aromatic heterocycles. The molecular formula is C19H16F4N2O3. The number of ketones is 1. The smallest absolute Gasteiger partial charge is 0.363 e. The molecule has 1 fully saturated rings. The van der Waals surface area contributed by atoms with E-state index in [1.807, 2.05) is 0 Å². The van der Waals surface area contributed by atoms with Gasteiger partial charge in [-0.2, -0.15) is 13.2 Å². The minimum absolute atomic E-state index is 0.113. The lowest BCUT2D eigenvalue weighted by molar-refractivity contribution is -0.287. The van der Waals surface area contributed by atoms with Crippen LogP contribution in [0.15, 0.2) is 48.5 Å². The molecule has 28 heavy (non-hydrogen) atoms. The van der Waals surface area contributed by atoms with Crippen LogP contribution in [0.3, 0.4) is 0 Å². The van der Waals surface area contributed by atoms with Gasteiger partial charge in [0.25, 0.3) is 0 Å². The number of carbonyl (C=O) groups is 2. The van der Waals surface area contributed by atoms with Gasteiger partial charge in [-0.1, -0.05) is 48.0 Å². The fourth-order valence-electron chi connectivity index (χ4n) is 3.22. The molecule has 148 valence electrons. The number of halogens is 4. The summed E-state index contributed by atoms with van der Waals surface area (Å²) in [6, 6.07) is 7.35. The SMILES string of the molecule is Cc1ccc(C(=O)[C@@H]2[C@@H](c3ccccc3F)NC(=O)N[C@@]2(O)C(F)(F)F)cc1. The maximum Gasteiger partial charge on any atom is 0.437 e. The second kappa shape index (κ2) is 6.90. The van der Waals surface area contributed by atoms with Gasteiger partial charge in [-0.3, -0.25) is 4.79 Å². The first-order valence-corrected chi connectivity index (χ1v) is 8.27. The number of amides is 2. The van der Waals surface area contributed by atoms with E-state index in [4.69, 9.17) is 0 Å². The lowest BCUT2D eigenvalue weighted by Gasteiger charge is -2.45. The van der Waals surface area contributed by atoms with Gasteiger partial charge in [0.05, 0.1) is 6.04 Å². The van der Waals surface area contributed by atoms with Crippen molar-refractivity contribution in [3.8, 4) is 0 Å². The summed E-state index contributed by atoms with van der Waals surface area (Å²) in [4.78, 5) is 24.9. The Morgan fingerprint density at radius 1 is 1.11 bits per heavy atom. The molecule has 5 nitrogen and oxygen atoms in total. The van der Waals surface area contributed by atoms with Crippen LogP contribution in [0.1, 0.15) is 27.5 Å². The molecule has 0 saturated carbocycles. The zero-order valence-corrected chi connectivity index (χ0v) is 14.5.